The van der Waals surface area contributed by atoms with Gasteiger partial charge in [0.25, 0.3) is 0 Å². The van der Waals surface area contributed by atoms with Crippen molar-refractivity contribution in [2.45, 2.75) is 31.0 Å². The van der Waals surface area contributed by atoms with Crippen molar-refractivity contribution in [2.24, 2.45) is 0 Å². The average molecular weight is 320 g/mol. The Bertz CT molecular complexity index is 747. The molecule has 0 saturated heterocycles. The molecule has 0 aliphatic carbocycles. The first kappa shape index (κ1) is 15.8. The van der Waals surface area contributed by atoms with Crippen LogP contribution in [0.1, 0.15) is 23.6 Å². The molecule has 3 heteroatoms. The number of hydrogen-bond donors (Lipinski definition) is 0. The van der Waals surface area contributed by atoms with Crippen LogP contribution < -0.4 is 0 Å². The maximum Gasteiger partial charge on any atom is 0.119 e. The van der Waals surface area contributed by atoms with Crippen LogP contribution in [0.15, 0.2) is 65.7 Å². The van der Waals surface area contributed by atoms with Gasteiger partial charge in [-0.25, -0.2) is 0 Å². The Hall–Kier alpha value is -2.13. The fourth-order valence-corrected chi connectivity index (χ4v) is 3.07. The summed E-state index contributed by atoms with van der Waals surface area (Å²) in [5, 5.41) is 9.66. The molecule has 116 valence electrons. The lowest BCUT2D eigenvalue weighted by Gasteiger charge is -2.04. The summed E-state index contributed by atoms with van der Waals surface area (Å²) in [6, 6.07) is 21.2. The molecule has 23 heavy (non-hydrogen) atoms. The Kier molecular flexibility index (Phi) is 5.09. The topological polar surface area (TPSA) is 25.8 Å². The molecule has 2 nitrogen and oxygen atoms in total. The van der Waals surface area contributed by atoms with Crippen molar-refractivity contribution in [3.05, 3.63) is 77.4 Å². The molecule has 0 fully saturated rings. The Labute approximate surface area is 142 Å². The van der Waals surface area contributed by atoms with Gasteiger partial charge in [-0.05, 0) is 36.6 Å². The fraction of sp³-hybridized carbons (Fsp3) is 0.200. The Morgan fingerprint density at radius 3 is 2.09 bits per heavy atom. The molecule has 0 saturated carbocycles. The van der Waals surface area contributed by atoms with Crippen molar-refractivity contribution in [1.29, 1.82) is 0 Å². The van der Waals surface area contributed by atoms with Crippen LogP contribution in [0, 0.1) is 6.92 Å². The molecule has 0 bridgehead atoms. The standard InChI is InChI=1S/C20H20N2S/c1-3-16-8-10-18(11-9-16)19-12-13-20(22-21-19)23-14-17-6-4-15(2)5-7-17/h4-13H,3,14H2,1-2H3. The fourth-order valence-electron chi connectivity index (χ4n) is 2.30. The zero-order valence-corrected chi connectivity index (χ0v) is 14.3. The molecule has 0 unspecified atom stereocenters. The lowest BCUT2D eigenvalue weighted by molar-refractivity contribution is 0.935. The second-order valence-corrected chi connectivity index (χ2v) is 6.58. The first-order chi connectivity index (χ1) is 11.2. The molecular formula is C20H20N2S. The Balaban J connectivity index is 1.65. The van der Waals surface area contributed by atoms with Gasteiger partial charge < -0.3 is 0 Å². The smallest absolute Gasteiger partial charge is 0.119 e. The number of rotatable bonds is 5. The van der Waals surface area contributed by atoms with E-state index in [1.165, 1.54) is 16.7 Å². The van der Waals surface area contributed by atoms with E-state index in [0.29, 0.717) is 0 Å². The minimum Gasteiger partial charge on any atom is -0.149 e. The molecule has 1 heterocycles. The van der Waals surface area contributed by atoms with Crippen LogP contribution in [0.2, 0.25) is 0 Å². The summed E-state index contributed by atoms with van der Waals surface area (Å²) in [6.45, 7) is 4.27. The molecule has 0 aliphatic rings. The Morgan fingerprint density at radius 1 is 0.783 bits per heavy atom. The third kappa shape index (κ3) is 4.20. The molecule has 3 aromatic rings. The van der Waals surface area contributed by atoms with Crippen LogP contribution in [0.3, 0.4) is 0 Å². The Morgan fingerprint density at radius 2 is 1.48 bits per heavy atom. The minimum atomic E-state index is 0.916. The quantitative estimate of drug-likeness (QED) is 0.596. The van der Waals surface area contributed by atoms with Gasteiger partial charge in [0, 0.05) is 11.3 Å². The molecule has 0 N–H and O–H groups in total. The van der Waals surface area contributed by atoms with Crippen LogP contribution in [-0.4, -0.2) is 10.2 Å². The second kappa shape index (κ2) is 7.42. The first-order valence-corrected chi connectivity index (χ1v) is 8.84. The third-order valence-corrected chi connectivity index (χ3v) is 4.80. The van der Waals surface area contributed by atoms with Crippen LogP contribution >= 0.6 is 11.8 Å². The van der Waals surface area contributed by atoms with E-state index < -0.39 is 0 Å². The SMILES string of the molecule is CCc1ccc(-c2ccc(SCc3ccc(C)cc3)nn2)cc1. The zero-order valence-electron chi connectivity index (χ0n) is 13.5. The molecular weight excluding hydrogens is 300 g/mol. The highest BCUT2D eigenvalue weighted by atomic mass is 32.2. The lowest BCUT2D eigenvalue weighted by Crippen LogP contribution is -1.90. The van der Waals surface area contributed by atoms with Crippen molar-refractivity contribution in [1.82, 2.24) is 10.2 Å². The van der Waals surface area contributed by atoms with Crippen molar-refractivity contribution in [3.8, 4) is 11.3 Å². The van der Waals surface area contributed by atoms with Gasteiger partial charge in [0.15, 0.2) is 0 Å². The molecule has 0 spiro atoms. The van der Waals surface area contributed by atoms with Gasteiger partial charge in [-0.15, -0.1) is 10.2 Å². The largest absolute Gasteiger partial charge is 0.149 e. The predicted octanol–water partition coefficient (Wildman–Crippen LogP) is 5.31. The van der Waals surface area contributed by atoms with Gasteiger partial charge in [0.05, 0.1) is 5.69 Å². The number of thioether (sulfide) groups is 1. The number of benzene rings is 2. The van der Waals surface area contributed by atoms with Crippen LogP contribution in [0.5, 0.6) is 0 Å². The summed E-state index contributed by atoms with van der Waals surface area (Å²) in [5.41, 5.74) is 5.97. The third-order valence-electron chi connectivity index (χ3n) is 3.81. The normalized spacial score (nSPS) is 10.7. The van der Waals surface area contributed by atoms with Crippen molar-refractivity contribution < 1.29 is 0 Å². The van der Waals surface area contributed by atoms with Gasteiger partial charge in [0.1, 0.15) is 5.03 Å². The van der Waals surface area contributed by atoms with Crippen molar-refractivity contribution in [3.63, 3.8) is 0 Å². The van der Waals surface area contributed by atoms with E-state index in [-0.39, 0.29) is 0 Å². The highest BCUT2D eigenvalue weighted by molar-refractivity contribution is 7.98. The van der Waals surface area contributed by atoms with Crippen LogP contribution in [-0.2, 0) is 12.2 Å². The summed E-state index contributed by atoms with van der Waals surface area (Å²) < 4.78 is 0. The average Bonchev–Trinajstić information content (AvgIpc) is 2.62. The number of aromatic nitrogens is 2. The van der Waals surface area contributed by atoms with Gasteiger partial charge in [-0.1, -0.05) is 72.8 Å². The van der Waals surface area contributed by atoms with Gasteiger partial charge >= 0.3 is 0 Å². The molecule has 0 aliphatic heterocycles. The molecule has 0 atom stereocenters. The molecule has 0 amide bonds. The van der Waals surface area contributed by atoms with E-state index in [0.717, 1.165) is 28.5 Å². The first-order valence-electron chi connectivity index (χ1n) is 7.86. The second-order valence-electron chi connectivity index (χ2n) is 5.58. The van der Waals surface area contributed by atoms with Gasteiger partial charge in [0.2, 0.25) is 0 Å². The summed E-state index contributed by atoms with van der Waals surface area (Å²) >= 11 is 1.72. The van der Waals surface area contributed by atoms with Crippen LogP contribution in [0.4, 0.5) is 0 Å². The van der Waals surface area contributed by atoms with E-state index in [9.17, 15) is 0 Å². The van der Waals surface area contributed by atoms with Gasteiger partial charge in [-0.3, -0.25) is 0 Å². The summed E-state index contributed by atoms with van der Waals surface area (Å²) in [6.07, 6.45) is 1.06. The highest BCUT2D eigenvalue weighted by Crippen LogP contribution is 2.23. The lowest BCUT2D eigenvalue weighted by atomic mass is 10.1. The number of hydrogen-bond acceptors (Lipinski definition) is 3. The number of nitrogens with zero attached hydrogens (tertiary/aromatic N) is 2. The zero-order chi connectivity index (χ0) is 16.1. The maximum atomic E-state index is 4.36. The van der Waals surface area contributed by atoms with Gasteiger partial charge in [-0.2, -0.15) is 0 Å². The summed E-state index contributed by atoms with van der Waals surface area (Å²) in [7, 11) is 0. The van der Waals surface area contributed by atoms with E-state index in [2.05, 4.69) is 78.6 Å². The van der Waals surface area contributed by atoms with E-state index in [1.807, 2.05) is 6.07 Å². The maximum absolute atomic E-state index is 4.36. The van der Waals surface area contributed by atoms with E-state index in [4.69, 9.17) is 0 Å². The molecule has 1 aromatic heterocycles. The predicted molar refractivity (Wildman–Crippen MR) is 97.6 cm³/mol. The summed E-state index contributed by atoms with van der Waals surface area (Å²) in [4.78, 5) is 0. The molecule has 0 radical (unpaired) electrons. The van der Waals surface area contributed by atoms with E-state index in [1.54, 1.807) is 11.8 Å². The molecule has 2 aromatic carbocycles. The van der Waals surface area contributed by atoms with Crippen molar-refractivity contribution in [2.75, 3.05) is 0 Å². The van der Waals surface area contributed by atoms with Crippen LogP contribution in [0.25, 0.3) is 11.3 Å². The summed E-state index contributed by atoms with van der Waals surface area (Å²) in [5.74, 6) is 0.916. The number of aryl methyl sites for hydroxylation is 2. The molecule has 3 rings (SSSR count). The monoisotopic (exact) mass is 320 g/mol. The van der Waals surface area contributed by atoms with Crippen molar-refractivity contribution >= 4 is 11.8 Å². The highest BCUT2D eigenvalue weighted by Gasteiger charge is 2.03. The minimum absolute atomic E-state index is 0.916. The van der Waals surface area contributed by atoms with E-state index >= 15 is 0 Å².